The minimum atomic E-state index is -0.581. The molecule has 1 aliphatic rings. The highest BCUT2D eigenvalue weighted by Crippen LogP contribution is 2.38. The Hall–Kier alpha value is -3.98. The molecule has 1 aliphatic carbocycles. The molecule has 2 aromatic carbocycles. The number of aromatic nitrogens is 3. The summed E-state index contributed by atoms with van der Waals surface area (Å²) in [5.41, 5.74) is 14.2. The summed E-state index contributed by atoms with van der Waals surface area (Å²) < 4.78 is 22.4. The van der Waals surface area contributed by atoms with Crippen LogP contribution in [0, 0.1) is 5.82 Å². The SMILES string of the molecule is COc1ccccc1NC(=O)c1ccc(-c2nn(C3CC(N)C3)c3ccnc(N)c23)c(F)c1. The van der Waals surface area contributed by atoms with Crippen LogP contribution in [0.1, 0.15) is 29.2 Å². The van der Waals surface area contributed by atoms with Crippen LogP contribution in [0.4, 0.5) is 15.9 Å². The van der Waals surface area contributed by atoms with E-state index in [2.05, 4.69) is 15.4 Å². The number of nitrogens with two attached hydrogens (primary N) is 2. The molecule has 0 bridgehead atoms. The highest BCUT2D eigenvalue weighted by molar-refractivity contribution is 6.06. The number of amides is 1. The first kappa shape index (κ1) is 20.9. The van der Waals surface area contributed by atoms with Crippen molar-refractivity contribution in [2.24, 2.45) is 5.73 Å². The van der Waals surface area contributed by atoms with Crippen LogP contribution < -0.4 is 21.5 Å². The summed E-state index contributed by atoms with van der Waals surface area (Å²) in [4.78, 5) is 16.9. The van der Waals surface area contributed by atoms with Gasteiger partial charge in [0, 0.05) is 23.4 Å². The van der Waals surface area contributed by atoms with Crippen LogP contribution >= 0.6 is 0 Å². The van der Waals surface area contributed by atoms with E-state index in [-0.39, 0.29) is 29.0 Å². The van der Waals surface area contributed by atoms with Gasteiger partial charge in [0.05, 0.1) is 29.7 Å². The van der Waals surface area contributed by atoms with Gasteiger partial charge in [-0.1, -0.05) is 12.1 Å². The smallest absolute Gasteiger partial charge is 0.255 e. The molecule has 5 rings (SSSR count). The highest BCUT2D eigenvalue weighted by atomic mass is 19.1. The molecule has 9 heteroatoms. The van der Waals surface area contributed by atoms with E-state index in [1.165, 1.54) is 19.2 Å². The van der Waals surface area contributed by atoms with Crippen molar-refractivity contribution in [3.63, 3.8) is 0 Å². The van der Waals surface area contributed by atoms with E-state index >= 15 is 4.39 Å². The number of nitrogen functional groups attached to an aromatic ring is 1. The van der Waals surface area contributed by atoms with Crippen molar-refractivity contribution in [1.82, 2.24) is 14.8 Å². The number of carbonyl (C=O) groups is 1. The molecule has 4 aromatic rings. The first-order valence-electron chi connectivity index (χ1n) is 10.6. The monoisotopic (exact) mass is 446 g/mol. The van der Waals surface area contributed by atoms with Crippen molar-refractivity contribution in [2.45, 2.75) is 24.9 Å². The van der Waals surface area contributed by atoms with Gasteiger partial charge in [0.2, 0.25) is 0 Å². The molecule has 2 aromatic heterocycles. The van der Waals surface area contributed by atoms with Crippen molar-refractivity contribution >= 4 is 28.3 Å². The van der Waals surface area contributed by atoms with Crippen LogP contribution in [0.3, 0.4) is 0 Å². The number of hydrogen-bond acceptors (Lipinski definition) is 6. The second-order valence-electron chi connectivity index (χ2n) is 8.12. The molecule has 33 heavy (non-hydrogen) atoms. The van der Waals surface area contributed by atoms with Crippen molar-refractivity contribution in [2.75, 3.05) is 18.2 Å². The molecule has 168 valence electrons. The normalized spacial score (nSPS) is 17.5. The van der Waals surface area contributed by atoms with Crippen molar-refractivity contribution in [3.05, 3.63) is 66.1 Å². The number of methoxy groups -OCH3 is 1. The Bertz CT molecular complexity index is 1360. The standard InChI is InChI=1S/C24H23FN6O2/c1-33-20-5-3-2-4-18(20)29-24(32)13-6-7-16(17(25)10-13)22-21-19(8-9-28-23(21)27)31(30-22)15-11-14(26)12-15/h2-10,14-15H,11-12,26H2,1H3,(H2,27,28)(H,29,32). The minimum Gasteiger partial charge on any atom is -0.495 e. The number of pyridine rings is 1. The summed E-state index contributed by atoms with van der Waals surface area (Å²) in [5.74, 6) is -0.249. The van der Waals surface area contributed by atoms with E-state index < -0.39 is 11.7 Å². The summed E-state index contributed by atoms with van der Waals surface area (Å²) in [6, 6.07) is 13.4. The van der Waals surface area contributed by atoms with Gasteiger partial charge in [-0.2, -0.15) is 5.10 Å². The molecule has 5 N–H and O–H groups in total. The van der Waals surface area contributed by atoms with Crippen molar-refractivity contribution < 1.29 is 13.9 Å². The number of rotatable bonds is 5. The predicted molar refractivity (Wildman–Crippen MR) is 125 cm³/mol. The number of fused-ring (bicyclic) bond motifs is 1. The Morgan fingerprint density at radius 2 is 2.00 bits per heavy atom. The van der Waals surface area contributed by atoms with Crippen molar-refractivity contribution in [1.29, 1.82) is 0 Å². The lowest BCUT2D eigenvalue weighted by Crippen LogP contribution is -2.38. The fourth-order valence-electron chi connectivity index (χ4n) is 4.20. The maximum absolute atomic E-state index is 15.3. The number of halogens is 1. The van der Waals surface area contributed by atoms with Gasteiger partial charge in [0.25, 0.3) is 5.91 Å². The zero-order valence-corrected chi connectivity index (χ0v) is 18.0. The molecule has 0 atom stereocenters. The number of nitrogens with one attached hydrogen (secondary N) is 1. The molecule has 0 radical (unpaired) electrons. The summed E-state index contributed by atoms with van der Waals surface area (Å²) in [6.45, 7) is 0. The fourth-order valence-corrected chi connectivity index (χ4v) is 4.20. The zero-order valence-electron chi connectivity index (χ0n) is 18.0. The van der Waals surface area contributed by atoms with E-state index in [0.717, 1.165) is 18.4 Å². The van der Waals surface area contributed by atoms with Gasteiger partial charge in [-0.25, -0.2) is 9.37 Å². The maximum atomic E-state index is 15.3. The number of carbonyl (C=O) groups excluding carboxylic acids is 1. The lowest BCUT2D eigenvalue weighted by Gasteiger charge is -2.32. The topological polar surface area (TPSA) is 121 Å². The quantitative estimate of drug-likeness (QED) is 0.429. The van der Waals surface area contributed by atoms with E-state index in [1.54, 1.807) is 36.5 Å². The molecule has 1 saturated carbocycles. The average molecular weight is 446 g/mol. The zero-order chi connectivity index (χ0) is 23.1. The van der Waals surface area contributed by atoms with Crippen LogP contribution in [-0.4, -0.2) is 33.8 Å². The summed E-state index contributed by atoms with van der Waals surface area (Å²) in [6.07, 6.45) is 3.20. The van der Waals surface area contributed by atoms with Crippen molar-refractivity contribution in [3.8, 4) is 17.0 Å². The van der Waals surface area contributed by atoms with Gasteiger partial charge in [0.15, 0.2) is 0 Å². The molecule has 0 unspecified atom stereocenters. The van der Waals surface area contributed by atoms with Crippen LogP contribution in [0.5, 0.6) is 5.75 Å². The molecule has 0 aliphatic heterocycles. The minimum absolute atomic E-state index is 0.131. The fraction of sp³-hybridized carbons (Fsp3) is 0.208. The Balaban J connectivity index is 1.51. The second-order valence-corrected chi connectivity index (χ2v) is 8.12. The molecule has 1 fully saturated rings. The third kappa shape index (κ3) is 3.66. The van der Waals surface area contributed by atoms with E-state index in [4.69, 9.17) is 16.2 Å². The molecule has 2 heterocycles. The Morgan fingerprint density at radius 1 is 1.21 bits per heavy atom. The summed E-state index contributed by atoms with van der Waals surface area (Å²) in [7, 11) is 1.51. The number of hydrogen-bond donors (Lipinski definition) is 3. The van der Waals surface area contributed by atoms with Gasteiger partial charge in [-0.3, -0.25) is 9.48 Å². The third-order valence-electron chi connectivity index (χ3n) is 5.99. The molecule has 0 saturated heterocycles. The third-order valence-corrected chi connectivity index (χ3v) is 5.99. The van der Waals surface area contributed by atoms with Gasteiger partial charge in [-0.05, 0) is 49.2 Å². The van der Waals surface area contributed by atoms with Crippen LogP contribution in [0.2, 0.25) is 0 Å². The van der Waals surface area contributed by atoms with Crippen LogP contribution in [0.25, 0.3) is 22.2 Å². The Kier molecular flexibility index (Phi) is 5.18. The lowest BCUT2D eigenvalue weighted by molar-refractivity contribution is 0.102. The van der Waals surface area contributed by atoms with Gasteiger partial charge in [0.1, 0.15) is 23.1 Å². The Labute approximate surface area is 189 Å². The molecule has 8 nitrogen and oxygen atoms in total. The number of benzene rings is 2. The van der Waals surface area contributed by atoms with Gasteiger partial charge in [-0.15, -0.1) is 0 Å². The average Bonchev–Trinajstić information content (AvgIpc) is 3.17. The highest BCUT2D eigenvalue weighted by Gasteiger charge is 2.31. The van der Waals surface area contributed by atoms with E-state index in [0.29, 0.717) is 22.5 Å². The molecular weight excluding hydrogens is 423 g/mol. The largest absolute Gasteiger partial charge is 0.495 e. The number of para-hydroxylation sites is 2. The van der Waals surface area contributed by atoms with E-state index in [9.17, 15) is 4.79 Å². The lowest BCUT2D eigenvalue weighted by atomic mass is 9.88. The molecular formula is C24H23FN6O2. The number of ether oxygens (including phenoxy) is 1. The number of anilines is 2. The molecule has 0 spiro atoms. The van der Waals surface area contributed by atoms with Crippen LogP contribution in [-0.2, 0) is 0 Å². The van der Waals surface area contributed by atoms with Gasteiger partial charge >= 0.3 is 0 Å². The Morgan fingerprint density at radius 3 is 2.73 bits per heavy atom. The summed E-state index contributed by atoms with van der Waals surface area (Å²) in [5, 5.41) is 8.02. The molecule has 1 amide bonds. The predicted octanol–water partition coefficient (Wildman–Crippen LogP) is 3.74. The summed E-state index contributed by atoms with van der Waals surface area (Å²) >= 11 is 0. The maximum Gasteiger partial charge on any atom is 0.255 e. The first-order chi connectivity index (χ1) is 16.0. The van der Waals surface area contributed by atoms with Gasteiger partial charge < -0.3 is 21.5 Å². The number of nitrogens with zero attached hydrogens (tertiary/aromatic N) is 3. The second kappa shape index (κ2) is 8.18. The first-order valence-corrected chi connectivity index (χ1v) is 10.6. The van der Waals surface area contributed by atoms with Crippen LogP contribution in [0.15, 0.2) is 54.7 Å². The van der Waals surface area contributed by atoms with E-state index in [1.807, 2.05) is 10.7 Å².